The Labute approximate surface area is 109 Å². The number of aromatic nitrogens is 2. The van der Waals surface area contributed by atoms with Gasteiger partial charge in [0.15, 0.2) is 5.82 Å². The molecule has 3 N–H and O–H groups in total. The molecular formula is C13H24N4O. The Morgan fingerprint density at radius 3 is 2.61 bits per heavy atom. The van der Waals surface area contributed by atoms with E-state index in [4.69, 9.17) is 10.5 Å². The first-order chi connectivity index (χ1) is 8.58. The van der Waals surface area contributed by atoms with Crippen molar-refractivity contribution in [1.29, 1.82) is 0 Å². The maximum atomic E-state index is 5.96. The Hall–Kier alpha value is -1.52. The van der Waals surface area contributed by atoms with E-state index in [1.165, 1.54) is 0 Å². The molecule has 0 saturated carbocycles. The molecule has 0 radical (unpaired) electrons. The van der Waals surface area contributed by atoms with Gasteiger partial charge in [0.05, 0.1) is 7.11 Å². The SMILES string of the molecule is CCCc1nc(NCCC(C)C)c(N)c(OC)n1. The average Bonchev–Trinajstić information content (AvgIpc) is 2.32. The largest absolute Gasteiger partial charge is 0.479 e. The minimum absolute atomic E-state index is 0.459. The maximum Gasteiger partial charge on any atom is 0.242 e. The van der Waals surface area contributed by atoms with Crippen molar-refractivity contribution in [2.75, 3.05) is 24.7 Å². The van der Waals surface area contributed by atoms with Crippen LogP contribution in [0.4, 0.5) is 11.5 Å². The van der Waals surface area contributed by atoms with E-state index in [1.807, 2.05) is 0 Å². The van der Waals surface area contributed by atoms with Gasteiger partial charge in [-0.15, -0.1) is 0 Å². The number of rotatable bonds is 7. The smallest absolute Gasteiger partial charge is 0.242 e. The van der Waals surface area contributed by atoms with Crippen LogP contribution in [0.3, 0.4) is 0 Å². The van der Waals surface area contributed by atoms with E-state index in [2.05, 4.69) is 36.1 Å². The van der Waals surface area contributed by atoms with Crippen LogP contribution >= 0.6 is 0 Å². The number of aryl methyl sites for hydroxylation is 1. The second-order valence-corrected chi connectivity index (χ2v) is 4.77. The molecular weight excluding hydrogens is 228 g/mol. The molecule has 0 fully saturated rings. The summed E-state index contributed by atoms with van der Waals surface area (Å²) in [5.41, 5.74) is 6.45. The van der Waals surface area contributed by atoms with E-state index in [0.717, 1.165) is 31.6 Å². The van der Waals surface area contributed by atoms with Gasteiger partial charge in [-0.25, -0.2) is 4.98 Å². The van der Waals surface area contributed by atoms with Crippen LogP contribution in [0, 0.1) is 5.92 Å². The van der Waals surface area contributed by atoms with Crippen molar-refractivity contribution in [3.05, 3.63) is 5.82 Å². The summed E-state index contributed by atoms with van der Waals surface area (Å²) < 4.78 is 5.18. The molecule has 1 aromatic heterocycles. The van der Waals surface area contributed by atoms with Crippen molar-refractivity contribution < 1.29 is 4.74 Å². The molecule has 18 heavy (non-hydrogen) atoms. The summed E-state index contributed by atoms with van der Waals surface area (Å²) in [6, 6.07) is 0. The fraction of sp³-hybridized carbons (Fsp3) is 0.692. The maximum absolute atomic E-state index is 5.96. The number of hydrogen-bond acceptors (Lipinski definition) is 5. The van der Waals surface area contributed by atoms with Gasteiger partial charge in [0.1, 0.15) is 11.5 Å². The van der Waals surface area contributed by atoms with E-state index in [1.54, 1.807) is 7.11 Å². The highest BCUT2D eigenvalue weighted by Gasteiger charge is 2.11. The van der Waals surface area contributed by atoms with Crippen molar-refractivity contribution in [1.82, 2.24) is 9.97 Å². The van der Waals surface area contributed by atoms with E-state index in [-0.39, 0.29) is 0 Å². The van der Waals surface area contributed by atoms with Crippen LogP contribution in [-0.2, 0) is 6.42 Å². The Morgan fingerprint density at radius 2 is 2.06 bits per heavy atom. The van der Waals surface area contributed by atoms with Crippen molar-refractivity contribution in [3.8, 4) is 5.88 Å². The summed E-state index contributed by atoms with van der Waals surface area (Å²) in [4.78, 5) is 8.73. The third-order valence-corrected chi connectivity index (χ3v) is 2.64. The number of nitrogens with one attached hydrogen (secondary N) is 1. The van der Waals surface area contributed by atoms with Crippen LogP contribution in [0.2, 0.25) is 0 Å². The second kappa shape index (κ2) is 7.03. The molecule has 5 heteroatoms. The zero-order chi connectivity index (χ0) is 13.5. The van der Waals surface area contributed by atoms with Crippen molar-refractivity contribution in [3.63, 3.8) is 0 Å². The highest BCUT2D eigenvalue weighted by atomic mass is 16.5. The van der Waals surface area contributed by atoms with E-state index >= 15 is 0 Å². The summed E-state index contributed by atoms with van der Waals surface area (Å²) in [5.74, 6) is 2.57. The Kier molecular flexibility index (Phi) is 5.68. The van der Waals surface area contributed by atoms with Crippen LogP contribution in [0.1, 0.15) is 39.4 Å². The number of nitrogens with two attached hydrogens (primary N) is 1. The molecule has 1 aromatic rings. The fourth-order valence-corrected chi connectivity index (χ4v) is 1.60. The molecule has 0 amide bonds. The van der Waals surface area contributed by atoms with Crippen LogP contribution in [0.5, 0.6) is 5.88 Å². The topological polar surface area (TPSA) is 73.1 Å². The van der Waals surface area contributed by atoms with Crippen molar-refractivity contribution in [2.45, 2.75) is 40.0 Å². The molecule has 5 nitrogen and oxygen atoms in total. The predicted octanol–water partition coefficient (Wildman–Crippen LogP) is 2.48. The average molecular weight is 252 g/mol. The Bertz CT molecular complexity index is 379. The first kappa shape index (κ1) is 14.5. The lowest BCUT2D eigenvalue weighted by molar-refractivity contribution is 0.397. The normalized spacial score (nSPS) is 10.7. The quantitative estimate of drug-likeness (QED) is 0.780. The first-order valence-electron chi connectivity index (χ1n) is 6.52. The summed E-state index contributed by atoms with van der Waals surface area (Å²) in [5, 5.41) is 3.26. The molecule has 0 saturated heterocycles. The number of nitrogen functional groups attached to an aromatic ring is 1. The van der Waals surface area contributed by atoms with Crippen LogP contribution in [0.15, 0.2) is 0 Å². The zero-order valence-electron chi connectivity index (χ0n) is 11.8. The summed E-state index contributed by atoms with van der Waals surface area (Å²) in [6.45, 7) is 7.33. The number of ether oxygens (including phenoxy) is 1. The van der Waals surface area contributed by atoms with Crippen LogP contribution in [-0.4, -0.2) is 23.6 Å². The fourth-order valence-electron chi connectivity index (χ4n) is 1.60. The van der Waals surface area contributed by atoms with E-state index in [9.17, 15) is 0 Å². The standard InChI is InChI=1S/C13H24N4O/c1-5-6-10-16-12(15-8-7-9(2)3)11(14)13(17-10)18-4/h9H,5-8,14H2,1-4H3,(H,15,16,17). The van der Waals surface area contributed by atoms with Gasteiger partial charge in [-0.3, -0.25) is 0 Å². The van der Waals surface area contributed by atoms with Crippen LogP contribution in [0.25, 0.3) is 0 Å². The van der Waals surface area contributed by atoms with Crippen molar-refractivity contribution >= 4 is 11.5 Å². The first-order valence-corrected chi connectivity index (χ1v) is 6.52. The molecule has 1 heterocycles. The lowest BCUT2D eigenvalue weighted by Crippen LogP contribution is -2.12. The van der Waals surface area contributed by atoms with Crippen molar-refractivity contribution in [2.24, 2.45) is 5.92 Å². The Morgan fingerprint density at radius 1 is 1.33 bits per heavy atom. The summed E-state index contributed by atoms with van der Waals surface area (Å²) >= 11 is 0. The van der Waals surface area contributed by atoms with Crippen LogP contribution < -0.4 is 15.8 Å². The van der Waals surface area contributed by atoms with E-state index in [0.29, 0.717) is 23.3 Å². The molecule has 0 unspecified atom stereocenters. The summed E-state index contributed by atoms with van der Waals surface area (Å²) in [7, 11) is 1.58. The molecule has 0 aliphatic heterocycles. The molecule has 0 spiro atoms. The van der Waals surface area contributed by atoms with Gasteiger partial charge in [-0.1, -0.05) is 20.8 Å². The molecule has 0 aliphatic carbocycles. The van der Waals surface area contributed by atoms with Gasteiger partial charge in [0, 0.05) is 13.0 Å². The third kappa shape index (κ3) is 4.05. The predicted molar refractivity (Wildman–Crippen MR) is 74.9 cm³/mol. The molecule has 0 atom stereocenters. The monoisotopic (exact) mass is 252 g/mol. The second-order valence-electron chi connectivity index (χ2n) is 4.77. The van der Waals surface area contributed by atoms with E-state index < -0.39 is 0 Å². The number of methoxy groups -OCH3 is 1. The molecule has 102 valence electrons. The highest BCUT2D eigenvalue weighted by Crippen LogP contribution is 2.26. The van der Waals surface area contributed by atoms with Gasteiger partial charge in [-0.2, -0.15) is 4.98 Å². The number of hydrogen-bond donors (Lipinski definition) is 2. The Balaban J connectivity index is 2.83. The summed E-state index contributed by atoms with van der Waals surface area (Å²) in [6.07, 6.45) is 2.91. The minimum atomic E-state index is 0.459. The van der Waals surface area contributed by atoms with Gasteiger partial charge in [0.25, 0.3) is 0 Å². The minimum Gasteiger partial charge on any atom is -0.479 e. The van der Waals surface area contributed by atoms with Gasteiger partial charge < -0.3 is 15.8 Å². The molecule has 0 bridgehead atoms. The van der Waals surface area contributed by atoms with Gasteiger partial charge >= 0.3 is 0 Å². The molecule has 0 aliphatic rings. The van der Waals surface area contributed by atoms with Gasteiger partial charge in [-0.05, 0) is 18.8 Å². The molecule has 0 aromatic carbocycles. The molecule has 1 rings (SSSR count). The van der Waals surface area contributed by atoms with Gasteiger partial charge in [0.2, 0.25) is 5.88 Å². The lowest BCUT2D eigenvalue weighted by Gasteiger charge is -2.13. The number of nitrogens with zero attached hydrogens (tertiary/aromatic N) is 2. The third-order valence-electron chi connectivity index (χ3n) is 2.64. The highest BCUT2D eigenvalue weighted by molar-refractivity contribution is 5.66. The zero-order valence-corrected chi connectivity index (χ0v) is 11.8. The number of anilines is 2. The lowest BCUT2D eigenvalue weighted by atomic mass is 10.1.